The van der Waals surface area contributed by atoms with Gasteiger partial charge in [0.1, 0.15) is 11.6 Å². The van der Waals surface area contributed by atoms with Gasteiger partial charge in [0, 0.05) is 42.2 Å². The Kier molecular flexibility index (Phi) is 7.44. The molecule has 1 unspecified atom stereocenters. The Balaban J connectivity index is 1.90. The van der Waals surface area contributed by atoms with Gasteiger partial charge in [0.05, 0.1) is 11.0 Å². The van der Waals surface area contributed by atoms with Gasteiger partial charge in [0.2, 0.25) is 0 Å². The number of nitrogens with one attached hydrogen (secondary N) is 3. The van der Waals surface area contributed by atoms with Gasteiger partial charge >= 0.3 is 0 Å². The molecule has 0 saturated heterocycles. The van der Waals surface area contributed by atoms with Gasteiger partial charge in [0.15, 0.2) is 0 Å². The first-order chi connectivity index (χ1) is 15.4. The number of allylic oxidation sites excluding steroid dienone is 7. The fraction of sp³-hybridized carbons (Fsp3) is 0.240. The summed E-state index contributed by atoms with van der Waals surface area (Å²) in [6, 6.07) is 5.68. The molecule has 0 radical (unpaired) electrons. The molecule has 1 aliphatic carbocycles. The zero-order valence-corrected chi connectivity index (χ0v) is 18.8. The van der Waals surface area contributed by atoms with Crippen molar-refractivity contribution in [3.63, 3.8) is 0 Å². The summed E-state index contributed by atoms with van der Waals surface area (Å²) in [7, 11) is 1.83. The average molecular weight is 430 g/mol. The van der Waals surface area contributed by atoms with Crippen LogP contribution >= 0.6 is 0 Å². The topological polar surface area (TPSA) is 126 Å². The second-order valence-electron chi connectivity index (χ2n) is 7.92. The predicted octanol–water partition coefficient (Wildman–Crippen LogP) is 4.05. The van der Waals surface area contributed by atoms with E-state index >= 15 is 0 Å². The van der Waals surface area contributed by atoms with Crippen LogP contribution in [0, 0.1) is 17.2 Å². The van der Waals surface area contributed by atoms with Gasteiger partial charge in [-0.2, -0.15) is 0 Å². The minimum Gasteiger partial charge on any atom is -0.404 e. The van der Waals surface area contributed by atoms with Crippen molar-refractivity contribution in [2.45, 2.75) is 20.3 Å². The lowest BCUT2D eigenvalue weighted by Crippen LogP contribution is -2.16. The van der Waals surface area contributed by atoms with Crippen LogP contribution in [0.4, 0.5) is 5.82 Å². The molecule has 7 heteroatoms. The molecule has 0 aliphatic heterocycles. The molecule has 166 valence electrons. The van der Waals surface area contributed by atoms with Crippen LogP contribution in [-0.4, -0.2) is 22.7 Å². The zero-order valence-electron chi connectivity index (χ0n) is 18.8. The van der Waals surface area contributed by atoms with E-state index in [-0.39, 0.29) is 11.8 Å². The highest BCUT2D eigenvalue weighted by molar-refractivity contribution is 6.24. The van der Waals surface area contributed by atoms with E-state index in [4.69, 9.17) is 16.9 Å². The van der Waals surface area contributed by atoms with E-state index in [1.165, 1.54) is 0 Å². The molecule has 1 atom stereocenters. The zero-order chi connectivity index (χ0) is 23.1. The Hall–Kier alpha value is -3.87. The van der Waals surface area contributed by atoms with Gasteiger partial charge in [-0.15, -0.1) is 0 Å². The van der Waals surface area contributed by atoms with Crippen molar-refractivity contribution in [2.75, 3.05) is 12.4 Å². The van der Waals surface area contributed by atoms with Crippen LogP contribution in [0.3, 0.4) is 0 Å². The van der Waals surface area contributed by atoms with Crippen LogP contribution in [0.15, 0.2) is 78.6 Å². The third-order valence-electron chi connectivity index (χ3n) is 5.23. The summed E-state index contributed by atoms with van der Waals surface area (Å²) in [5.41, 5.74) is 16.4. The molecular weight excluding hydrogens is 398 g/mol. The monoisotopic (exact) mass is 429 g/mol. The van der Waals surface area contributed by atoms with Crippen LogP contribution < -0.4 is 22.1 Å². The highest BCUT2D eigenvalue weighted by Gasteiger charge is 2.18. The summed E-state index contributed by atoms with van der Waals surface area (Å²) in [6.07, 6.45) is 15.9. The smallest absolute Gasteiger partial charge is 0.132 e. The fourth-order valence-electron chi connectivity index (χ4n) is 3.45. The predicted molar refractivity (Wildman–Crippen MR) is 134 cm³/mol. The molecule has 2 heterocycles. The molecule has 0 saturated carbocycles. The Morgan fingerprint density at radius 1 is 1.25 bits per heavy atom. The van der Waals surface area contributed by atoms with Crippen molar-refractivity contribution in [1.82, 2.24) is 15.3 Å². The van der Waals surface area contributed by atoms with E-state index < -0.39 is 0 Å². The molecule has 0 bridgehead atoms. The third kappa shape index (κ3) is 5.43. The van der Waals surface area contributed by atoms with Crippen molar-refractivity contribution in [3.05, 3.63) is 84.1 Å². The third-order valence-corrected chi connectivity index (χ3v) is 5.23. The van der Waals surface area contributed by atoms with Gasteiger partial charge in [0.25, 0.3) is 0 Å². The average Bonchev–Trinajstić information content (AvgIpc) is 2.80. The minimum atomic E-state index is 0.0342. The van der Waals surface area contributed by atoms with E-state index in [2.05, 4.69) is 46.6 Å². The Morgan fingerprint density at radius 3 is 2.72 bits per heavy atom. The summed E-state index contributed by atoms with van der Waals surface area (Å²) in [6.45, 7) is 4.11. The summed E-state index contributed by atoms with van der Waals surface area (Å²) in [4.78, 5) is 9.24. The Labute approximate surface area is 189 Å². The first-order valence-corrected chi connectivity index (χ1v) is 10.7. The van der Waals surface area contributed by atoms with Crippen molar-refractivity contribution in [1.29, 1.82) is 5.41 Å². The van der Waals surface area contributed by atoms with E-state index in [9.17, 15) is 0 Å². The molecular formula is C25H31N7. The number of hydrogen-bond donors (Lipinski definition) is 5. The van der Waals surface area contributed by atoms with Gasteiger partial charge < -0.3 is 27.5 Å². The summed E-state index contributed by atoms with van der Waals surface area (Å²) >= 11 is 0. The number of anilines is 1. The number of nitrogens with two attached hydrogens (primary N) is 2. The highest BCUT2D eigenvalue weighted by atomic mass is 15.1. The second kappa shape index (κ2) is 10.4. The number of fused-ring (bicyclic) bond motifs is 1. The molecule has 0 aromatic carbocycles. The highest BCUT2D eigenvalue weighted by Crippen LogP contribution is 2.26. The Morgan fingerprint density at radius 2 is 2.06 bits per heavy atom. The lowest BCUT2D eigenvalue weighted by molar-refractivity contribution is 0.786. The fourth-order valence-corrected chi connectivity index (χ4v) is 3.45. The maximum Gasteiger partial charge on any atom is 0.132 e. The molecule has 7 nitrogen and oxygen atoms in total. The maximum atomic E-state index is 8.75. The molecule has 0 fully saturated rings. The van der Waals surface area contributed by atoms with E-state index in [0.717, 1.165) is 28.6 Å². The van der Waals surface area contributed by atoms with Crippen molar-refractivity contribution >= 4 is 28.1 Å². The number of rotatable bonds is 8. The summed E-state index contributed by atoms with van der Waals surface area (Å²) in [5.74, 6) is 1.37. The van der Waals surface area contributed by atoms with Crippen molar-refractivity contribution < 1.29 is 0 Å². The molecule has 7 N–H and O–H groups in total. The molecule has 3 rings (SSSR count). The lowest BCUT2D eigenvalue weighted by Gasteiger charge is -2.18. The summed E-state index contributed by atoms with van der Waals surface area (Å²) in [5, 5.41) is 14.9. The van der Waals surface area contributed by atoms with Crippen LogP contribution in [0.1, 0.15) is 25.8 Å². The molecule has 32 heavy (non-hydrogen) atoms. The first-order valence-electron chi connectivity index (χ1n) is 10.7. The van der Waals surface area contributed by atoms with Crippen LogP contribution in [0.25, 0.3) is 16.6 Å². The van der Waals surface area contributed by atoms with E-state index in [1.54, 1.807) is 12.4 Å². The minimum absolute atomic E-state index is 0.0342. The molecule has 2 aromatic heterocycles. The number of nitrogens with zero attached hydrogens (tertiary/aromatic N) is 2. The number of hydrogen-bond acceptors (Lipinski definition) is 7. The van der Waals surface area contributed by atoms with Gasteiger partial charge in [-0.25, -0.2) is 4.98 Å². The van der Waals surface area contributed by atoms with Gasteiger partial charge in [-0.3, -0.25) is 4.98 Å². The SMILES string of the molecule is CN/C=C(\C(=N)C1C=CC=CC1)c1cnc2ccc(N/C(N)=C/C(=C\N)C(C)C)nc2c1. The standard InChI is InChI=1S/C25H31N7/c1-16(2)18(13-26)12-23(27)32-24-10-9-21-22(31-24)11-19(14-30-21)20(15-29-3)25(28)17-7-5-4-6-8-17/h4-7,9-17,28-29H,8,26-27H2,1-3H3,(H,31,32)/b18-13+,20-15-,23-12+,28-25?. The first kappa shape index (κ1) is 22.8. The van der Waals surface area contributed by atoms with Crippen LogP contribution in [0.2, 0.25) is 0 Å². The largest absolute Gasteiger partial charge is 0.404 e. The van der Waals surface area contributed by atoms with Gasteiger partial charge in [-0.05, 0) is 48.4 Å². The molecule has 1 aliphatic rings. The Bertz CT molecular complexity index is 1140. The van der Waals surface area contributed by atoms with Crippen LogP contribution in [0.5, 0.6) is 0 Å². The van der Waals surface area contributed by atoms with E-state index in [1.807, 2.05) is 49.7 Å². The van der Waals surface area contributed by atoms with Crippen LogP contribution in [-0.2, 0) is 0 Å². The van der Waals surface area contributed by atoms with Crippen molar-refractivity contribution in [2.24, 2.45) is 23.3 Å². The van der Waals surface area contributed by atoms with E-state index in [0.29, 0.717) is 22.9 Å². The molecule has 2 aromatic rings. The maximum absolute atomic E-state index is 8.75. The number of pyridine rings is 2. The number of aromatic nitrogens is 2. The summed E-state index contributed by atoms with van der Waals surface area (Å²) < 4.78 is 0. The normalized spacial score (nSPS) is 17.1. The molecule has 0 amide bonds. The van der Waals surface area contributed by atoms with Crippen molar-refractivity contribution in [3.8, 4) is 0 Å². The second-order valence-corrected chi connectivity index (χ2v) is 7.92. The quantitative estimate of drug-likeness (QED) is 0.318. The lowest BCUT2D eigenvalue weighted by atomic mass is 9.88. The van der Waals surface area contributed by atoms with Gasteiger partial charge in [-0.1, -0.05) is 38.2 Å². The molecule has 0 spiro atoms.